The van der Waals surface area contributed by atoms with Crippen LogP contribution in [0.5, 0.6) is 0 Å². The first-order valence-electron chi connectivity index (χ1n) is 10.8. The van der Waals surface area contributed by atoms with Gasteiger partial charge in [-0.05, 0) is 74.5 Å². The Morgan fingerprint density at radius 3 is 2.71 bits per heavy atom. The number of aromatic nitrogens is 1. The lowest BCUT2D eigenvalue weighted by atomic mass is 9.89. The van der Waals surface area contributed by atoms with Crippen molar-refractivity contribution in [3.05, 3.63) is 86.3 Å². The van der Waals surface area contributed by atoms with E-state index in [1.54, 1.807) is 11.3 Å². The van der Waals surface area contributed by atoms with E-state index in [-0.39, 0.29) is 5.91 Å². The fourth-order valence-corrected chi connectivity index (χ4v) is 5.07. The van der Waals surface area contributed by atoms with Crippen LogP contribution in [0.25, 0.3) is 0 Å². The van der Waals surface area contributed by atoms with Crippen molar-refractivity contribution in [2.45, 2.75) is 38.6 Å². The Kier molecular flexibility index (Phi) is 7.38. The molecule has 4 nitrogen and oxygen atoms in total. The van der Waals surface area contributed by atoms with E-state index in [1.165, 1.54) is 10.4 Å². The van der Waals surface area contributed by atoms with Crippen LogP contribution < -0.4 is 5.32 Å². The van der Waals surface area contributed by atoms with Crippen LogP contribution in [0.4, 0.5) is 0 Å². The van der Waals surface area contributed by atoms with E-state index in [1.807, 2.05) is 43.3 Å². The Hall–Kier alpha value is -2.21. The van der Waals surface area contributed by atoms with Gasteiger partial charge in [0.05, 0.1) is 11.3 Å². The Morgan fingerprint density at radius 1 is 1.16 bits per heavy atom. The number of nitrogens with zero attached hydrogens (tertiary/aromatic N) is 2. The predicted octanol–water partition coefficient (Wildman–Crippen LogP) is 5.46. The van der Waals surface area contributed by atoms with Gasteiger partial charge in [0.15, 0.2) is 0 Å². The van der Waals surface area contributed by atoms with Crippen molar-refractivity contribution in [1.82, 2.24) is 15.2 Å². The lowest BCUT2D eigenvalue weighted by Gasteiger charge is -2.32. The van der Waals surface area contributed by atoms with Crippen LogP contribution >= 0.6 is 22.9 Å². The summed E-state index contributed by atoms with van der Waals surface area (Å²) in [6.07, 6.45) is 2.85. The molecular weight excluding hydrogens is 426 g/mol. The first-order chi connectivity index (χ1) is 15.1. The maximum Gasteiger partial charge on any atom is 0.253 e. The van der Waals surface area contributed by atoms with Crippen LogP contribution in [-0.4, -0.2) is 35.4 Å². The number of likely N-dealkylation sites (tertiary alicyclic amines) is 1. The minimum absolute atomic E-state index is 0.0162. The van der Waals surface area contributed by atoms with E-state index in [2.05, 4.69) is 27.7 Å². The van der Waals surface area contributed by atoms with Gasteiger partial charge in [-0.3, -0.25) is 14.7 Å². The average molecular weight is 454 g/mol. The number of carbonyl (C=O) groups excluding carboxylic acids is 1. The van der Waals surface area contributed by atoms with Gasteiger partial charge in [-0.2, -0.15) is 0 Å². The molecular formula is C25H28ClN3OS. The van der Waals surface area contributed by atoms with Gasteiger partial charge in [-0.15, -0.1) is 11.3 Å². The molecule has 1 aliphatic rings. The molecule has 31 heavy (non-hydrogen) atoms. The van der Waals surface area contributed by atoms with Crippen molar-refractivity contribution in [2.24, 2.45) is 0 Å². The molecule has 6 heteroatoms. The topological polar surface area (TPSA) is 45.2 Å². The van der Waals surface area contributed by atoms with Gasteiger partial charge in [0.25, 0.3) is 5.91 Å². The van der Waals surface area contributed by atoms with E-state index in [9.17, 15) is 4.79 Å². The minimum Gasteiger partial charge on any atom is -0.352 e. The van der Waals surface area contributed by atoms with Gasteiger partial charge in [-0.1, -0.05) is 35.9 Å². The van der Waals surface area contributed by atoms with Crippen molar-refractivity contribution in [3.8, 4) is 0 Å². The van der Waals surface area contributed by atoms with E-state index in [0.29, 0.717) is 12.5 Å². The van der Waals surface area contributed by atoms with Crippen molar-refractivity contribution in [2.75, 3.05) is 19.6 Å². The molecule has 3 heterocycles. The molecule has 0 spiro atoms. The third kappa shape index (κ3) is 5.73. The number of benzene rings is 1. The standard InChI is InChI=1S/C25H28ClN3OS/c1-18-8-9-22(25(30)27-13-10-21-6-4-16-31-21)24(28-18)19-11-14-29(15-12-19)17-20-5-2-3-7-23(20)26/h2-9,16,19H,10-15,17H2,1H3,(H,27,30). The highest BCUT2D eigenvalue weighted by atomic mass is 35.5. The zero-order valence-electron chi connectivity index (χ0n) is 17.8. The van der Waals surface area contributed by atoms with Crippen LogP contribution in [0, 0.1) is 6.92 Å². The summed E-state index contributed by atoms with van der Waals surface area (Å²) in [5.74, 6) is 0.290. The molecule has 162 valence electrons. The third-order valence-electron chi connectivity index (χ3n) is 5.87. The maximum absolute atomic E-state index is 12.9. The largest absolute Gasteiger partial charge is 0.352 e. The second-order valence-corrected chi connectivity index (χ2v) is 9.55. The molecule has 1 aliphatic heterocycles. The fourth-order valence-electron chi connectivity index (χ4n) is 4.16. The smallest absolute Gasteiger partial charge is 0.253 e. The van der Waals surface area contributed by atoms with Gasteiger partial charge in [0.1, 0.15) is 0 Å². The number of halogens is 1. The first-order valence-corrected chi connectivity index (χ1v) is 12.1. The summed E-state index contributed by atoms with van der Waals surface area (Å²) in [4.78, 5) is 21.4. The Labute approximate surface area is 193 Å². The summed E-state index contributed by atoms with van der Waals surface area (Å²) in [5.41, 5.74) is 3.80. The summed E-state index contributed by atoms with van der Waals surface area (Å²) in [6.45, 7) is 5.46. The normalized spacial score (nSPS) is 15.2. The molecule has 1 aromatic carbocycles. The second kappa shape index (κ2) is 10.4. The molecule has 4 rings (SSSR count). The van der Waals surface area contributed by atoms with Gasteiger partial charge in [0.2, 0.25) is 0 Å². The monoisotopic (exact) mass is 453 g/mol. The van der Waals surface area contributed by atoms with Crippen LogP contribution in [0.2, 0.25) is 5.02 Å². The summed E-state index contributed by atoms with van der Waals surface area (Å²) in [7, 11) is 0. The van der Waals surface area contributed by atoms with Gasteiger partial charge in [0, 0.05) is 34.6 Å². The zero-order valence-corrected chi connectivity index (χ0v) is 19.4. The van der Waals surface area contributed by atoms with Crippen LogP contribution in [0.3, 0.4) is 0 Å². The summed E-state index contributed by atoms with van der Waals surface area (Å²) >= 11 is 8.06. The van der Waals surface area contributed by atoms with Gasteiger partial charge < -0.3 is 5.32 Å². The van der Waals surface area contributed by atoms with Crippen LogP contribution in [-0.2, 0) is 13.0 Å². The lowest BCUT2D eigenvalue weighted by Crippen LogP contribution is -2.34. The van der Waals surface area contributed by atoms with E-state index in [4.69, 9.17) is 16.6 Å². The average Bonchev–Trinajstić information content (AvgIpc) is 3.29. The third-order valence-corrected chi connectivity index (χ3v) is 7.18. The van der Waals surface area contributed by atoms with Crippen LogP contribution in [0.15, 0.2) is 53.9 Å². The zero-order chi connectivity index (χ0) is 21.6. The van der Waals surface area contributed by atoms with Crippen molar-refractivity contribution < 1.29 is 4.79 Å². The molecule has 0 aliphatic carbocycles. The minimum atomic E-state index is -0.0162. The molecule has 2 aromatic heterocycles. The van der Waals surface area contributed by atoms with E-state index < -0.39 is 0 Å². The van der Waals surface area contributed by atoms with E-state index in [0.717, 1.165) is 60.9 Å². The first kappa shape index (κ1) is 22.0. The number of nitrogens with one attached hydrogen (secondary N) is 1. The second-order valence-electron chi connectivity index (χ2n) is 8.11. The SMILES string of the molecule is Cc1ccc(C(=O)NCCc2cccs2)c(C2CCN(Cc3ccccc3Cl)CC2)n1. The molecule has 0 atom stereocenters. The Morgan fingerprint density at radius 2 is 1.97 bits per heavy atom. The quantitative estimate of drug-likeness (QED) is 0.516. The summed E-state index contributed by atoms with van der Waals surface area (Å²) in [5, 5.41) is 5.98. The number of piperidine rings is 1. The van der Waals surface area contributed by atoms with Crippen molar-refractivity contribution in [3.63, 3.8) is 0 Å². The molecule has 1 N–H and O–H groups in total. The number of hydrogen-bond acceptors (Lipinski definition) is 4. The highest BCUT2D eigenvalue weighted by molar-refractivity contribution is 7.09. The predicted molar refractivity (Wildman–Crippen MR) is 128 cm³/mol. The summed E-state index contributed by atoms with van der Waals surface area (Å²) < 4.78 is 0. The van der Waals surface area contributed by atoms with Crippen LogP contribution in [0.1, 0.15) is 50.9 Å². The Bertz CT molecular complexity index is 1010. The summed E-state index contributed by atoms with van der Waals surface area (Å²) in [6, 6.07) is 16.1. The molecule has 0 unspecified atom stereocenters. The highest BCUT2D eigenvalue weighted by Gasteiger charge is 2.26. The highest BCUT2D eigenvalue weighted by Crippen LogP contribution is 2.30. The molecule has 0 bridgehead atoms. The lowest BCUT2D eigenvalue weighted by molar-refractivity contribution is 0.0951. The number of pyridine rings is 1. The Balaban J connectivity index is 1.38. The maximum atomic E-state index is 12.9. The number of carbonyl (C=O) groups is 1. The molecule has 0 radical (unpaired) electrons. The van der Waals surface area contributed by atoms with Crippen molar-refractivity contribution >= 4 is 28.8 Å². The molecule has 0 saturated carbocycles. The van der Waals surface area contributed by atoms with E-state index >= 15 is 0 Å². The molecule has 1 fully saturated rings. The van der Waals surface area contributed by atoms with Gasteiger partial charge in [-0.25, -0.2) is 0 Å². The molecule has 3 aromatic rings. The fraction of sp³-hybridized carbons (Fsp3) is 0.360. The number of rotatable bonds is 7. The van der Waals surface area contributed by atoms with Gasteiger partial charge >= 0.3 is 0 Å². The number of hydrogen-bond donors (Lipinski definition) is 1. The molecule has 1 saturated heterocycles. The number of aryl methyl sites for hydroxylation is 1. The molecule has 1 amide bonds. The number of amides is 1. The number of thiophene rings is 1. The van der Waals surface area contributed by atoms with Crippen molar-refractivity contribution in [1.29, 1.82) is 0 Å².